The van der Waals surface area contributed by atoms with Crippen molar-refractivity contribution in [2.45, 2.75) is 40.2 Å². The number of halogens is 1. The van der Waals surface area contributed by atoms with Crippen LogP contribution >= 0.6 is 35.1 Å². The van der Waals surface area contributed by atoms with Crippen LogP contribution in [-0.4, -0.2) is 44.9 Å². The highest BCUT2D eigenvalue weighted by atomic mass is 35.5. The van der Waals surface area contributed by atoms with Crippen molar-refractivity contribution < 1.29 is 38.3 Å². The van der Waals surface area contributed by atoms with Crippen LogP contribution in [0.25, 0.3) is 20.2 Å². The third kappa shape index (κ3) is 12.9. The molecule has 0 saturated carbocycles. The van der Waals surface area contributed by atoms with Gasteiger partial charge in [0.1, 0.15) is 17.0 Å². The number of benzene rings is 2. The number of aryl methyl sites for hydroxylation is 4. The molecule has 284 valence electrons. The monoisotopic (exact) mass is 794 g/mol. The van der Waals surface area contributed by atoms with Gasteiger partial charge in [-0.1, -0.05) is 0 Å². The lowest BCUT2D eigenvalue weighted by molar-refractivity contribution is -0.193. The molecule has 2 aromatic carbocycles. The molecule has 0 atom stereocenters. The van der Waals surface area contributed by atoms with Crippen molar-refractivity contribution in [3.05, 3.63) is 94.2 Å². The van der Waals surface area contributed by atoms with E-state index in [9.17, 15) is 14.4 Å². The average molecular weight is 795 g/mol. The number of carbonyl (C=O) groups is 3. The van der Waals surface area contributed by atoms with Crippen LogP contribution in [0.1, 0.15) is 51.5 Å². The molecule has 14 nitrogen and oxygen atoms in total. The Kier molecular flexibility index (Phi) is 16.1. The Morgan fingerprint density at radius 3 is 1.50 bits per heavy atom. The van der Waals surface area contributed by atoms with Gasteiger partial charge in [0.2, 0.25) is 0 Å². The molecule has 0 unspecified atom stereocenters. The molecule has 4 heterocycles. The summed E-state index contributed by atoms with van der Waals surface area (Å²) in [4.78, 5) is 71.7. The molecule has 5 N–H and O–H groups in total. The van der Waals surface area contributed by atoms with Gasteiger partial charge in [0.25, 0.3) is 11.8 Å². The zero-order valence-electron chi connectivity index (χ0n) is 30.4. The molecule has 0 aliphatic carbocycles. The quantitative estimate of drug-likeness (QED) is 0.134. The molecule has 0 radical (unpaired) electrons. The SMILES string of the molecule is Cc1cc2cc(NC(=O)c3cc(N)cn3C)ccc2s1.Cc1cc2cc(NC(=O)c3cc(NC(=O)OC(C)(C)C)cn3C)ccc2s1.Cl.O=C=O.O=C=O. The Hall–Kier alpha value is -6.02. The zero-order chi connectivity index (χ0) is 39.5. The lowest BCUT2D eigenvalue weighted by Crippen LogP contribution is -2.27. The van der Waals surface area contributed by atoms with E-state index in [1.807, 2.05) is 36.4 Å². The van der Waals surface area contributed by atoms with Crippen molar-refractivity contribution >= 4 is 108 Å². The number of nitrogens with zero attached hydrogens (tertiary/aromatic N) is 2. The van der Waals surface area contributed by atoms with E-state index in [0.29, 0.717) is 22.8 Å². The number of nitrogen functional groups attached to an aromatic ring is 1. The summed E-state index contributed by atoms with van der Waals surface area (Å²) < 4.78 is 11.0. The lowest BCUT2D eigenvalue weighted by Gasteiger charge is -2.19. The maximum absolute atomic E-state index is 12.6. The van der Waals surface area contributed by atoms with Gasteiger partial charge in [-0.25, -0.2) is 4.79 Å². The molecule has 0 aliphatic rings. The van der Waals surface area contributed by atoms with Crippen molar-refractivity contribution in [1.29, 1.82) is 0 Å². The number of fused-ring (bicyclic) bond motifs is 2. The largest absolute Gasteiger partial charge is 0.444 e. The Balaban J connectivity index is 0.000000330. The predicted octanol–water partition coefficient (Wildman–Crippen LogP) is 7.79. The summed E-state index contributed by atoms with van der Waals surface area (Å²) in [5.74, 6) is -0.406. The van der Waals surface area contributed by atoms with E-state index >= 15 is 0 Å². The van der Waals surface area contributed by atoms with E-state index in [1.165, 1.54) is 19.2 Å². The van der Waals surface area contributed by atoms with Crippen molar-refractivity contribution in [2.75, 3.05) is 21.7 Å². The van der Waals surface area contributed by atoms with Crippen LogP contribution in [0.3, 0.4) is 0 Å². The van der Waals surface area contributed by atoms with Gasteiger partial charge in [0.15, 0.2) is 0 Å². The van der Waals surface area contributed by atoms with E-state index < -0.39 is 11.7 Å². The van der Waals surface area contributed by atoms with E-state index in [-0.39, 0.29) is 36.5 Å². The molecule has 0 spiro atoms. The van der Waals surface area contributed by atoms with Crippen LogP contribution in [0.4, 0.5) is 27.5 Å². The van der Waals surface area contributed by atoms with Crippen LogP contribution in [0, 0.1) is 13.8 Å². The fourth-order valence-corrected chi connectivity index (χ4v) is 6.80. The molecule has 17 heteroatoms. The Labute approximate surface area is 324 Å². The molecular formula is C37H39ClN6O8S2. The van der Waals surface area contributed by atoms with Gasteiger partial charge < -0.3 is 30.2 Å². The summed E-state index contributed by atoms with van der Waals surface area (Å²) in [5.41, 5.74) is 8.69. The highest BCUT2D eigenvalue weighted by molar-refractivity contribution is 7.19. The van der Waals surface area contributed by atoms with Crippen LogP contribution in [0.15, 0.2) is 73.1 Å². The Morgan fingerprint density at radius 1 is 0.667 bits per heavy atom. The fourth-order valence-electron chi connectivity index (χ4n) is 4.99. The number of carbonyl (C=O) groups excluding carboxylic acids is 7. The van der Waals surface area contributed by atoms with Gasteiger partial charge in [-0.05, 0) is 106 Å². The number of rotatable bonds is 5. The highest BCUT2D eigenvalue weighted by Crippen LogP contribution is 2.29. The van der Waals surface area contributed by atoms with Crippen LogP contribution in [-0.2, 0) is 38.0 Å². The number of anilines is 4. The third-order valence-corrected chi connectivity index (χ3v) is 9.00. The van der Waals surface area contributed by atoms with Gasteiger partial charge >= 0.3 is 18.4 Å². The second-order valence-corrected chi connectivity index (χ2v) is 15.0. The van der Waals surface area contributed by atoms with E-state index in [1.54, 1.807) is 91.2 Å². The fraction of sp³-hybridized carbons (Fsp3) is 0.216. The number of hydrogen-bond donors (Lipinski definition) is 4. The normalized spacial score (nSPS) is 10.1. The van der Waals surface area contributed by atoms with Crippen molar-refractivity contribution in [3.63, 3.8) is 0 Å². The van der Waals surface area contributed by atoms with Crippen molar-refractivity contribution in [2.24, 2.45) is 14.1 Å². The van der Waals surface area contributed by atoms with Crippen LogP contribution in [0.5, 0.6) is 0 Å². The predicted molar refractivity (Wildman–Crippen MR) is 211 cm³/mol. The summed E-state index contributed by atoms with van der Waals surface area (Å²) in [6.45, 7) is 9.52. The molecule has 0 fully saturated rings. The van der Waals surface area contributed by atoms with Crippen LogP contribution in [0.2, 0.25) is 0 Å². The third-order valence-electron chi connectivity index (χ3n) is 6.94. The molecule has 0 bridgehead atoms. The number of ether oxygens (including phenoxy) is 1. The number of aromatic nitrogens is 2. The second-order valence-electron chi connectivity index (χ2n) is 12.4. The number of thiophene rings is 2. The number of amides is 3. The van der Waals surface area contributed by atoms with Gasteiger partial charge in [0.05, 0.1) is 11.4 Å². The lowest BCUT2D eigenvalue weighted by atomic mass is 10.2. The molecule has 0 aliphatic heterocycles. The van der Waals surface area contributed by atoms with E-state index in [2.05, 4.69) is 41.9 Å². The van der Waals surface area contributed by atoms with Crippen LogP contribution < -0.4 is 21.7 Å². The minimum atomic E-state index is -0.586. The van der Waals surface area contributed by atoms with Gasteiger partial charge in [0, 0.05) is 57.0 Å². The molecule has 54 heavy (non-hydrogen) atoms. The first kappa shape index (κ1) is 44.1. The molecule has 0 saturated heterocycles. The standard InChI is InChI=1S/C20H23N3O3S.C15H15N3OS.2CO2.ClH/c1-12-8-13-9-14(6-7-17(13)27-12)21-18(24)16-10-15(11-23(16)5)22-19(25)26-20(2,3)4;1-9-5-10-6-12(3-4-14(10)20-9)17-15(19)13-7-11(16)8-18(13)2;2*2-1-3;/h6-11H,1-5H3,(H,21,24)(H,22,25);3-8H,16H2,1-2H3,(H,17,19);;;1H. The molecule has 6 rings (SSSR count). The first-order chi connectivity index (χ1) is 25.0. The average Bonchev–Trinajstić information content (AvgIpc) is 3.80. The number of nitrogens with two attached hydrogens (primary N) is 1. The first-order valence-electron chi connectivity index (χ1n) is 15.7. The maximum Gasteiger partial charge on any atom is 0.412 e. The summed E-state index contributed by atoms with van der Waals surface area (Å²) >= 11 is 3.47. The van der Waals surface area contributed by atoms with Gasteiger partial charge in [-0.3, -0.25) is 14.9 Å². The topological polar surface area (TPSA) is 201 Å². The summed E-state index contributed by atoms with van der Waals surface area (Å²) in [7, 11) is 3.55. The summed E-state index contributed by atoms with van der Waals surface area (Å²) in [6.07, 6.45) is 3.34. The van der Waals surface area contributed by atoms with Crippen molar-refractivity contribution in [3.8, 4) is 0 Å². The zero-order valence-corrected chi connectivity index (χ0v) is 32.8. The minimum absolute atomic E-state index is 0. The molecule has 4 aromatic heterocycles. The molecule has 3 amide bonds. The first-order valence-corrected chi connectivity index (χ1v) is 17.3. The van der Waals surface area contributed by atoms with E-state index in [0.717, 1.165) is 22.1 Å². The Bertz CT molecular complexity index is 2310. The molecular weight excluding hydrogens is 756 g/mol. The Morgan fingerprint density at radius 2 is 1.09 bits per heavy atom. The smallest absolute Gasteiger partial charge is 0.412 e. The van der Waals surface area contributed by atoms with E-state index in [4.69, 9.17) is 29.6 Å². The maximum atomic E-state index is 12.6. The number of hydrogen-bond acceptors (Lipinski definition) is 11. The summed E-state index contributed by atoms with van der Waals surface area (Å²) in [6, 6.07) is 19.3. The number of nitrogens with one attached hydrogen (secondary N) is 3. The summed E-state index contributed by atoms with van der Waals surface area (Å²) in [5, 5.41) is 10.7. The molecule has 6 aromatic rings. The highest BCUT2D eigenvalue weighted by Gasteiger charge is 2.19. The van der Waals surface area contributed by atoms with Crippen molar-refractivity contribution in [1.82, 2.24) is 9.13 Å². The minimum Gasteiger partial charge on any atom is -0.444 e. The second kappa shape index (κ2) is 19.7. The van der Waals surface area contributed by atoms with Gasteiger partial charge in [-0.2, -0.15) is 19.2 Å². The van der Waals surface area contributed by atoms with Gasteiger partial charge in [-0.15, -0.1) is 35.1 Å².